The molecule has 0 bridgehead atoms. The minimum atomic E-state index is -0.300. The third kappa shape index (κ3) is 3.06. The number of fused-ring (bicyclic) bond motifs is 1. The number of carbonyl (C=O) groups excluding carboxylic acids is 1. The molecule has 0 aliphatic heterocycles. The number of halogens is 1. The van der Waals surface area contributed by atoms with Gasteiger partial charge in [0.25, 0.3) is 5.91 Å². The average molecular weight is 323 g/mol. The van der Waals surface area contributed by atoms with E-state index in [4.69, 9.17) is 17.3 Å². The van der Waals surface area contributed by atoms with Gasteiger partial charge in [0.2, 0.25) is 0 Å². The number of rotatable bonds is 3. The molecule has 1 aromatic heterocycles. The van der Waals surface area contributed by atoms with Gasteiger partial charge < -0.3 is 10.6 Å². The lowest BCUT2D eigenvalue weighted by Crippen LogP contribution is -2.45. The van der Waals surface area contributed by atoms with Crippen LogP contribution in [0.1, 0.15) is 30.4 Å². The molecule has 0 atom stereocenters. The Morgan fingerprint density at radius 2 is 2.14 bits per heavy atom. The molecule has 0 saturated carbocycles. The third-order valence-corrected chi connectivity index (χ3v) is 4.66. The Balaban J connectivity index is 2.52. The number of nitrogens with zero attached hydrogens (tertiary/aromatic N) is 1. The number of amides is 1. The van der Waals surface area contributed by atoms with Gasteiger partial charge in [0.1, 0.15) is 4.88 Å². The summed E-state index contributed by atoms with van der Waals surface area (Å²) in [6.45, 7) is 10.2. The van der Waals surface area contributed by atoms with Gasteiger partial charge in [-0.1, -0.05) is 17.7 Å². The molecule has 1 heterocycles. The topological polar surface area (TPSA) is 46.3 Å². The maximum Gasteiger partial charge on any atom is 0.266 e. The van der Waals surface area contributed by atoms with Crippen LogP contribution in [-0.4, -0.2) is 22.9 Å². The molecule has 0 aliphatic carbocycles. The highest BCUT2D eigenvalue weighted by Crippen LogP contribution is 2.36. The second-order valence-corrected chi connectivity index (χ2v) is 7.35. The molecule has 21 heavy (non-hydrogen) atoms. The fraction of sp³-hybridized carbons (Fsp3) is 0.312. The second kappa shape index (κ2) is 5.70. The summed E-state index contributed by atoms with van der Waals surface area (Å²) in [5.74, 6) is -0.0720. The predicted molar refractivity (Wildman–Crippen MR) is 92.2 cm³/mol. The Morgan fingerprint density at radius 3 is 2.71 bits per heavy atom. The summed E-state index contributed by atoms with van der Waals surface area (Å²) < 4.78 is 0.965. The molecule has 2 rings (SSSR count). The van der Waals surface area contributed by atoms with Crippen LogP contribution < -0.4 is 5.73 Å². The highest BCUT2D eigenvalue weighted by molar-refractivity contribution is 7.21. The van der Waals surface area contributed by atoms with E-state index in [0.717, 1.165) is 10.1 Å². The molecule has 1 aromatic carbocycles. The highest BCUT2D eigenvalue weighted by Gasteiger charge is 2.29. The van der Waals surface area contributed by atoms with Crippen LogP contribution in [-0.2, 0) is 0 Å². The second-order valence-electron chi connectivity index (χ2n) is 5.86. The molecule has 5 heteroatoms. The Kier molecular flexibility index (Phi) is 4.30. The zero-order valence-electron chi connectivity index (χ0n) is 12.4. The summed E-state index contributed by atoms with van der Waals surface area (Å²) in [4.78, 5) is 15.2. The van der Waals surface area contributed by atoms with Crippen LogP contribution in [0.5, 0.6) is 0 Å². The molecule has 112 valence electrons. The van der Waals surface area contributed by atoms with Crippen LogP contribution >= 0.6 is 22.9 Å². The van der Waals surface area contributed by atoms with Gasteiger partial charge in [-0.05, 0) is 39.0 Å². The molecule has 2 aromatic rings. The molecule has 0 spiro atoms. The summed E-state index contributed by atoms with van der Waals surface area (Å²) in [7, 11) is 0. The lowest BCUT2D eigenvalue weighted by Gasteiger charge is -2.34. The molecule has 3 nitrogen and oxygen atoms in total. The van der Waals surface area contributed by atoms with Crippen molar-refractivity contribution in [2.45, 2.75) is 26.3 Å². The number of benzene rings is 1. The van der Waals surface area contributed by atoms with Crippen molar-refractivity contribution in [2.75, 3.05) is 12.3 Å². The number of thiophene rings is 1. The van der Waals surface area contributed by atoms with E-state index in [1.54, 1.807) is 23.1 Å². The summed E-state index contributed by atoms with van der Waals surface area (Å²) in [6, 6.07) is 5.50. The van der Waals surface area contributed by atoms with Crippen molar-refractivity contribution in [1.82, 2.24) is 4.90 Å². The molecule has 0 aliphatic rings. The zero-order valence-corrected chi connectivity index (χ0v) is 14.0. The Hall–Kier alpha value is -1.52. The molecular formula is C16H19ClN2OS. The van der Waals surface area contributed by atoms with Gasteiger partial charge in [0.05, 0.1) is 5.69 Å². The van der Waals surface area contributed by atoms with Gasteiger partial charge in [-0.25, -0.2) is 0 Å². The van der Waals surface area contributed by atoms with Crippen LogP contribution in [0.2, 0.25) is 5.02 Å². The van der Waals surface area contributed by atoms with Crippen LogP contribution in [0.15, 0.2) is 30.9 Å². The smallest absolute Gasteiger partial charge is 0.266 e. The molecular weight excluding hydrogens is 304 g/mol. The molecule has 0 unspecified atom stereocenters. The van der Waals surface area contributed by atoms with E-state index in [0.29, 0.717) is 22.1 Å². The first-order chi connectivity index (χ1) is 9.75. The first-order valence-corrected chi connectivity index (χ1v) is 7.85. The lowest BCUT2D eigenvalue weighted by atomic mass is 10.1. The summed E-state index contributed by atoms with van der Waals surface area (Å²) in [5, 5.41) is 1.45. The molecule has 2 N–H and O–H groups in total. The number of hydrogen-bond acceptors (Lipinski definition) is 3. The molecule has 0 radical (unpaired) electrons. The number of anilines is 1. The van der Waals surface area contributed by atoms with Gasteiger partial charge in [-0.3, -0.25) is 4.79 Å². The number of nitrogens with two attached hydrogens (primary N) is 1. The molecule has 0 fully saturated rings. The van der Waals surface area contributed by atoms with Gasteiger partial charge in [-0.2, -0.15) is 0 Å². The van der Waals surface area contributed by atoms with E-state index in [2.05, 4.69) is 6.58 Å². The zero-order chi connectivity index (χ0) is 15.8. The van der Waals surface area contributed by atoms with Crippen molar-refractivity contribution in [1.29, 1.82) is 0 Å². The number of carbonyl (C=O) groups is 1. The minimum Gasteiger partial charge on any atom is -0.397 e. The van der Waals surface area contributed by atoms with Crippen molar-refractivity contribution < 1.29 is 4.79 Å². The lowest BCUT2D eigenvalue weighted by molar-refractivity contribution is 0.0623. The SMILES string of the molecule is C=CCN(C(=O)c1sc2ccc(Cl)cc2c1N)C(C)(C)C. The predicted octanol–water partition coefficient (Wildman–Crippen LogP) is 4.56. The quantitative estimate of drug-likeness (QED) is 0.842. The maximum atomic E-state index is 12.8. The Bertz CT molecular complexity index is 700. The summed E-state index contributed by atoms with van der Waals surface area (Å²) in [5.41, 5.74) is 6.37. The van der Waals surface area contributed by atoms with Gasteiger partial charge in [-0.15, -0.1) is 17.9 Å². The van der Waals surface area contributed by atoms with Gasteiger partial charge in [0.15, 0.2) is 0 Å². The van der Waals surface area contributed by atoms with E-state index < -0.39 is 0 Å². The third-order valence-electron chi connectivity index (χ3n) is 3.25. The highest BCUT2D eigenvalue weighted by atomic mass is 35.5. The normalized spacial score (nSPS) is 11.6. The van der Waals surface area contributed by atoms with E-state index in [1.807, 2.05) is 26.8 Å². The summed E-state index contributed by atoms with van der Waals surface area (Å²) >= 11 is 7.41. The Labute approximate surface area is 134 Å². The van der Waals surface area contributed by atoms with E-state index >= 15 is 0 Å². The average Bonchev–Trinajstić information content (AvgIpc) is 2.71. The van der Waals surface area contributed by atoms with E-state index in [-0.39, 0.29) is 11.4 Å². The van der Waals surface area contributed by atoms with Crippen LogP contribution in [0.3, 0.4) is 0 Å². The van der Waals surface area contributed by atoms with Crippen LogP contribution in [0.25, 0.3) is 10.1 Å². The van der Waals surface area contributed by atoms with Crippen molar-refractivity contribution in [3.63, 3.8) is 0 Å². The van der Waals surface area contributed by atoms with Crippen molar-refractivity contribution in [3.05, 3.63) is 40.8 Å². The summed E-state index contributed by atoms with van der Waals surface area (Å²) in [6.07, 6.45) is 1.73. The first-order valence-electron chi connectivity index (χ1n) is 6.66. The van der Waals surface area contributed by atoms with Crippen LogP contribution in [0, 0.1) is 0 Å². The van der Waals surface area contributed by atoms with Crippen molar-refractivity contribution in [3.8, 4) is 0 Å². The van der Waals surface area contributed by atoms with Crippen molar-refractivity contribution >= 4 is 44.6 Å². The van der Waals surface area contributed by atoms with Gasteiger partial charge in [0, 0.05) is 27.2 Å². The van der Waals surface area contributed by atoms with E-state index in [1.165, 1.54) is 11.3 Å². The Morgan fingerprint density at radius 1 is 1.48 bits per heavy atom. The number of hydrogen-bond donors (Lipinski definition) is 1. The number of nitrogen functional groups attached to an aromatic ring is 1. The fourth-order valence-electron chi connectivity index (χ4n) is 2.16. The maximum absolute atomic E-state index is 12.8. The van der Waals surface area contributed by atoms with E-state index in [9.17, 15) is 4.79 Å². The van der Waals surface area contributed by atoms with Crippen LogP contribution in [0.4, 0.5) is 5.69 Å². The largest absolute Gasteiger partial charge is 0.397 e. The van der Waals surface area contributed by atoms with Crippen molar-refractivity contribution in [2.24, 2.45) is 0 Å². The monoisotopic (exact) mass is 322 g/mol. The fourth-order valence-corrected chi connectivity index (χ4v) is 3.39. The van der Waals surface area contributed by atoms with Gasteiger partial charge >= 0.3 is 0 Å². The standard InChI is InChI=1S/C16H19ClN2OS/c1-5-8-19(16(2,3)4)15(20)14-13(18)11-9-10(17)6-7-12(11)21-14/h5-7,9H,1,8,18H2,2-4H3. The minimum absolute atomic E-state index is 0.0720. The first kappa shape index (κ1) is 15.9. The molecule has 0 saturated heterocycles. The molecule has 1 amide bonds.